The molecular formula is C12H20N4O. The minimum Gasteiger partial charge on any atom is -0.396 e. The van der Waals surface area contributed by atoms with Crippen molar-refractivity contribution in [2.45, 2.75) is 45.2 Å². The molecule has 2 heterocycles. The van der Waals surface area contributed by atoms with E-state index in [-0.39, 0.29) is 5.91 Å². The second-order valence-electron chi connectivity index (χ2n) is 4.76. The molecule has 0 aromatic carbocycles. The summed E-state index contributed by atoms with van der Waals surface area (Å²) in [4.78, 5) is 14.1. The fraction of sp³-hybridized carbons (Fsp3) is 0.667. The monoisotopic (exact) mass is 236 g/mol. The van der Waals surface area contributed by atoms with E-state index >= 15 is 0 Å². The second kappa shape index (κ2) is 5.21. The van der Waals surface area contributed by atoms with Crippen molar-refractivity contribution >= 4 is 11.6 Å². The number of carbonyl (C=O) groups excluding carboxylic acids is 1. The molecule has 1 aliphatic heterocycles. The molecule has 0 aliphatic carbocycles. The van der Waals surface area contributed by atoms with E-state index in [1.165, 1.54) is 12.8 Å². The third-order valence-corrected chi connectivity index (χ3v) is 3.32. The lowest BCUT2D eigenvalue weighted by Gasteiger charge is -2.27. The highest BCUT2D eigenvalue weighted by Crippen LogP contribution is 2.16. The molecule has 2 N–H and O–H groups in total. The van der Waals surface area contributed by atoms with Crippen molar-refractivity contribution in [1.82, 2.24) is 14.7 Å². The lowest BCUT2D eigenvalue weighted by molar-refractivity contribution is -0.133. The molecule has 1 saturated heterocycles. The number of carbonyl (C=O) groups is 1. The van der Waals surface area contributed by atoms with E-state index in [4.69, 9.17) is 5.73 Å². The molecule has 5 nitrogen and oxygen atoms in total. The van der Waals surface area contributed by atoms with Crippen LogP contribution in [0.15, 0.2) is 12.4 Å². The smallest absolute Gasteiger partial charge is 0.244 e. The lowest BCUT2D eigenvalue weighted by atomic mass is 10.1. The van der Waals surface area contributed by atoms with Gasteiger partial charge in [0.2, 0.25) is 5.91 Å². The average Bonchev–Trinajstić information content (AvgIpc) is 2.57. The van der Waals surface area contributed by atoms with Crippen molar-refractivity contribution in [3.63, 3.8) is 0 Å². The Kier molecular flexibility index (Phi) is 3.66. The van der Waals surface area contributed by atoms with Gasteiger partial charge in [0.15, 0.2) is 0 Å². The Balaban J connectivity index is 1.98. The van der Waals surface area contributed by atoms with Gasteiger partial charge in [-0.2, -0.15) is 5.10 Å². The van der Waals surface area contributed by atoms with Crippen LogP contribution in [0, 0.1) is 0 Å². The van der Waals surface area contributed by atoms with Gasteiger partial charge in [-0.25, -0.2) is 0 Å². The largest absolute Gasteiger partial charge is 0.396 e. The maximum absolute atomic E-state index is 12.2. The summed E-state index contributed by atoms with van der Waals surface area (Å²) in [5.74, 6) is 0.141. The fourth-order valence-corrected chi connectivity index (χ4v) is 2.34. The zero-order valence-corrected chi connectivity index (χ0v) is 10.3. The SMILES string of the molecule is CC1CCCCCN1C(=O)Cn1cc(N)cn1. The first-order valence-corrected chi connectivity index (χ1v) is 6.24. The summed E-state index contributed by atoms with van der Waals surface area (Å²) >= 11 is 0. The summed E-state index contributed by atoms with van der Waals surface area (Å²) < 4.78 is 1.61. The highest BCUT2D eigenvalue weighted by Gasteiger charge is 2.22. The molecule has 94 valence electrons. The van der Waals surface area contributed by atoms with Crippen LogP contribution in [0.2, 0.25) is 0 Å². The Morgan fingerprint density at radius 1 is 1.53 bits per heavy atom. The van der Waals surface area contributed by atoms with Crippen LogP contribution in [0.5, 0.6) is 0 Å². The molecule has 1 aromatic heterocycles. The van der Waals surface area contributed by atoms with Gasteiger partial charge in [0.05, 0.1) is 11.9 Å². The number of nitrogens with two attached hydrogens (primary N) is 1. The van der Waals surface area contributed by atoms with Crippen LogP contribution in [0.3, 0.4) is 0 Å². The molecule has 0 spiro atoms. The molecule has 1 fully saturated rings. The molecule has 1 atom stereocenters. The van der Waals surface area contributed by atoms with Gasteiger partial charge in [-0.1, -0.05) is 12.8 Å². The molecule has 2 rings (SSSR count). The van der Waals surface area contributed by atoms with E-state index in [1.54, 1.807) is 17.1 Å². The quantitative estimate of drug-likeness (QED) is 0.840. The van der Waals surface area contributed by atoms with Gasteiger partial charge in [-0.3, -0.25) is 9.48 Å². The van der Waals surface area contributed by atoms with E-state index < -0.39 is 0 Å². The summed E-state index contributed by atoms with van der Waals surface area (Å²) in [6.45, 7) is 3.29. The molecule has 1 amide bonds. The Bertz CT molecular complexity index is 388. The van der Waals surface area contributed by atoms with E-state index in [0.717, 1.165) is 19.4 Å². The van der Waals surface area contributed by atoms with E-state index in [9.17, 15) is 4.79 Å². The molecule has 0 radical (unpaired) electrons. The number of amides is 1. The zero-order chi connectivity index (χ0) is 12.3. The van der Waals surface area contributed by atoms with Crippen molar-refractivity contribution in [3.05, 3.63) is 12.4 Å². The first-order chi connectivity index (χ1) is 8.16. The third kappa shape index (κ3) is 2.99. The Labute approximate surface area is 102 Å². The van der Waals surface area contributed by atoms with Gasteiger partial charge in [0.25, 0.3) is 0 Å². The first-order valence-electron chi connectivity index (χ1n) is 6.24. The van der Waals surface area contributed by atoms with E-state index in [0.29, 0.717) is 18.3 Å². The van der Waals surface area contributed by atoms with Crippen molar-refractivity contribution < 1.29 is 4.79 Å². The minimum absolute atomic E-state index is 0.141. The predicted octanol–water partition coefficient (Wildman–Crippen LogP) is 1.26. The number of nitrogen functional groups attached to an aromatic ring is 1. The maximum atomic E-state index is 12.2. The summed E-state index contributed by atoms with van der Waals surface area (Å²) in [5, 5.41) is 4.04. The van der Waals surface area contributed by atoms with Gasteiger partial charge in [0.1, 0.15) is 6.54 Å². The third-order valence-electron chi connectivity index (χ3n) is 3.32. The van der Waals surface area contributed by atoms with Crippen molar-refractivity contribution in [1.29, 1.82) is 0 Å². The van der Waals surface area contributed by atoms with Gasteiger partial charge in [0, 0.05) is 18.8 Å². The average molecular weight is 236 g/mol. The van der Waals surface area contributed by atoms with Gasteiger partial charge >= 0.3 is 0 Å². The molecule has 17 heavy (non-hydrogen) atoms. The molecule has 0 saturated carbocycles. The Morgan fingerprint density at radius 2 is 2.35 bits per heavy atom. The summed E-state index contributed by atoms with van der Waals surface area (Å²) in [6.07, 6.45) is 7.92. The summed E-state index contributed by atoms with van der Waals surface area (Å²) in [7, 11) is 0. The number of anilines is 1. The molecule has 1 unspecified atom stereocenters. The van der Waals surface area contributed by atoms with Gasteiger partial charge in [-0.05, 0) is 19.8 Å². The second-order valence-corrected chi connectivity index (χ2v) is 4.76. The fourth-order valence-electron chi connectivity index (χ4n) is 2.34. The maximum Gasteiger partial charge on any atom is 0.244 e. The number of aromatic nitrogens is 2. The van der Waals surface area contributed by atoms with Crippen LogP contribution >= 0.6 is 0 Å². The highest BCUT2D eigenvalue weighted by atomic mass is 16.2. The summed E-state index contributed by atoms with van der Waals surface area (Å²) in [5.41, 5.74) is 6.18. The number of likely N-dealkylation sites (tertiary alicyclic amines) is 1. The number of hydrogen-bond donors (Lipinski definition) is 1. The highest BCUT2D eigenvalue weighted by molar-refractivity contribution is 5.76. The molecule has 5 heteroatoms. The minimum atomic E-state index is 0.141. The molecule has 1 aromatic rings. The van der Waals surface area contributed by atoms with Gasteiger partial charge < -0.3 is 10.6 Å². The Hall–Kier alpha value is -1.52. The normalized spacial score (nSPS) is 21.2. The molecular weight excluding hydrogens is 216 g/mol. The van der Waals surface area contributed by atoms with Crippen LogP contribution in [0.1, 0.15) is 32.6 Å². The topological polar surface area (TPSA) is 64.2 Å². The standard InChI is InChI=1S/C12H20N4O/c1-10-5-3-2-4-6-16(10)12(17)9-15-8-11(13)7-14-15/h7-8,10H,2-6,9,13H2,1H3. The molecule has 1 aliphatic rings. The van der Waals surface area contributed by atoms with Crippen LogP contribution in [-0.2, 0) is 11.3 Å². The molecule has 0 bridgehead atoms. The Morgan fingerprint density at radius 3 is 3.06 bits per heavy atom. The predicted molar refractivity (Wildman–Crippen MR) is 66.3 cm³/mol. The first kappa shape index (κ1) is 12.0. The van der Waals surface area contributed by atoms with Crippen LogP contribution < -0.4 is 5.73 Å². The van der Waals surface area contributed by atoms with Crippen molar-refractivity contribution in [2.24, 2.45) is 0 Å². The van der Waals surface area contributed by atoms with Crippen LogP contribution in [0.4, 0.5) is 5.69 Å². The van der Waals surface area contributed by atoms with E-state index in [2.05, 4.69) is 12.0 Å². The lowest BCUT2D eigenvalue weighted by Crippen LogP contribution is -2.40. The van der Waals surface area contributed by atoms with Gasteiger partial charge in [-0.15, -0.1) is 0 Å². The number of nitrogens with zero attached hydrogens (tertiary/aromatic N) is 3. The number of hydrogen-bond acceptors (Lipinski definition) is 3. The van der Waals surface area contributed by atoms with Crippen molar-refractivity contribution in [3.8, 4) is 0 Å². The van der Waals surface area contributed by atoms with E-state index in [1.807, 2.05) is 4.90 Å². The zero-order valence-electron chi connectivity index (χ0n) is 10.3. The number of rotatable bonds is 2. The van der Waals surface area contributed by atoms with Crippen molar-refractivity contribution in [2.75, 3.05) is 12.3 Å². The summed E-state index contributed by atoms with van der Waals surface area (Å²) in [6, 6.07) is 0.345. The van der Waals surface area contributed by atoms with Crippen LogP contribution in [0.25, 0.3) is 0 Å². The van der Waals surface area contributed by atoms with Crippen LogP contribution in [-0.4, -0.2) is 33.2 Å².